The van der Waals surface area contributed by atoms with Crippen LogP contribution in [0.5, 0.6) is 0 Å². The van der Waals surface area contributed by atoms with Gasteiger partial charge in [0.25, 0.3) is 5.65 Å². The molecule has 3 aromatic carbocycles. The van der Waals surface area contributed by atoms with Crippen LogP contribution < -0.4 is 4.57 Å². The van der Waals surface area contributed by atoms with Crippen LogP contribution in [0.1, 0.15) is 88.5 Å². The van der Waals surface area contributed by atoms with E-state index in [2.05, 4.69) is 111 Å². The van der Waals surface area contributed by atoms with E-state index in [0.29, 0.717) is 0 Å². The average molecular weight is 518 g/mol. The second-order valence-electron chi connectivity index (χ2n) is 12.2. The van der Waals surface area contributed by atoms with Gasteiger partial charge < -0.3 is 0 Å². The molecule has 1 unspecified atom stereocenters. The highest BCUT2D eigenvalue weighted by molar-refractivity contribution is 6.13. The van der Waals surface area contributed by atoms with E-state index in [0.717, 1.165) is 12.5 Å². The molecule has 2 nitrogen and oxygen atoms in total. The molecular weight excluding hydrogens is 472 g/mol. The summed E-state index contributed by atoms with van der Waals surface area (Å²) < 4.78 is 5.20. The van der Waals surface area contributed by atoms with E-state index in [1.165, 1.54) is 100 Å². The molecular formula is C37H45N2+. The van der Waals surface area contributed by atoms with Gasteiger partial charge in [-0.1, -0.05) is 89.4 Å². The Kier molecular flexibility index (Phi) is 6.78. The molecule has 0 amide bonds. The number of fused-ring (bicyclic) bond motifs is 3. The first-order valence-electron chi connectivity index (χ1n) is 15.5. The number of aromatic nitrogens is 2. The topological polar surface area (TPSA) is 8.29 Å². The van der Waals surface area contributed by atoms with Gasteiger partial charge in [-0.3, -0.25) is 0 Å². The van der Waals surface area contributed by atoms with E-state index in [9.17, 15) is 0 Å². The fourth-order valence-electron chi connectivity index (χ4n) is 7.80. The molecule has 6 rings (SSSR count). The molecule has 0 fully saturated rings. The zero-order valence-corrected chi connectivity index (χ0v) is 24.9. The Balaban J connectivity index is 1.77. The monoisotopic (exact) mass is 517 g/mol. The smallest absolute Gasteiger partial charge is 0.229 e. The van der Waals surface area contributed by atoms with Gasteiger partial charge >= 0.3 is 0 Å². The summed E-state index contributed by atoms with van der Waals surface area (Å²) in [5.41, 5.74) is 11.3. The molecule has 2 heteroatoms. The number of imidazole rings is 1. The molecule has 0 aliphatic carbocycles. The van der Waals surface area contributed by atoms with Gasteiger partial charge in [0, 0.05) is 16.3 Å². The Morgan fingerprint density at radius 1 is 0.897 bits per heavy atom. The van der Waals surface area contributed by atoms with E-state index >= 15 is 0 Å². The first-order valence-corrected chi connectivity index (χ1v) is 15.5. The van der Waals surface area contributed by atoms with Crippen LogP contribution in [0.4, 0.5) is 0 Å². The molecule has 5 aromatic rings. The number of hydrogen-bond donors (Lipinski definition) is 0. The molecule has 1 aliphatic rings. The maximum Gasteiger partial charge on any atom is 0.295 e. The van der Waals surface area contributed by atoms with Crippen molar-refractivity contribution in [3.63, 3.8) is 0 Å². The predicted molar refractivity (Wildman–Crippen MR) is 167 cm³/mol. The van der Waals surface area contributed by atoms with Crippen molar-refractivity contribution >= 4 is 27.3 Å². The van der Waals surface area contributed by atoms with Gasteiger partial charge in [0.1, 0.15) is 11.7 Å². The van der Waals surface area contributed by atoms with Gasteiger partial charge in [-0.25, -0.2) is 4.57 Å². The van der Waals surface area contributed by atoms with Crippen molar-refractivity contribution in [1.29, 1.82) is 0 Å². The molecule has 0 saturated carbocycles. The summed E-state index contributed by atoms with van der Waals surface area (Å²) in [6.07, 6.45) is 11.0. The summed E-state index contributed by atoms with van der Waals surface area (Å²) in [6, 6.07) is 21.3. The minimum absolute atomic E-state index is 0.213. The fraction of sp³-hybridized carbons (Fsp3) is 0.432. The Labute approximate surface area is 234 Å². The lowest BCUT2D eigenvalue weighted by Crippen LogP contribution is -2.35. The third-order valence-electron chi connectivity index (χ3n) is 10.2. The lowest BCUT2D eigenvalue weighted by molar-refractivity contribution is -0.670. The van der Waals surface area contributed by atoms with Crippen molar-refractivity contribution < 1.29 is 4.57 Å². The van der Waals surface area contributed by atoms with E-state index in [1.807, 2.05) is 0 Å². The van der Waals surface area contributed by atoms with Crippen molar-refractivity contribution in [2.45, 2.75) is 98.4 Å². The number of hydrogen-bond acceptors (Lipinski definition) is 0. The molecule has 39 heavy (non-hydrogen) atoms. The quantitative estimate of drug-likeness (QED) is 0.143. The average Bonchev–Trinajstić information content (AvgIpc) is 3.26. The Morgan fingerprint density at radius 3 is 2.33 bits per heavy atom. The van der Waals surface area contributed by atoms with Crippen LogP contribution in [0.3, 0.4) is 0 Å². The third kappa shape index (κ3) is 4.01. The Bertz CT molecular complexity index is 1660. The van der Waals surface area contributed by atoms with Crippen molar-refractivity contribution in [3.8, 4) is 11.3 Å². The molecule has 2 aromatic heterocycles. The zero-order valence-electron chi connectivity index (χ0n) is 24.9. The highest BCUT2D eigenvalue weighted by atomic mass is 15.1. The molecule has 3 heterocycles. The summed E-state index contributed by atoms with van der Waals surface area (Å²) in [5, 5.41) is 4.30. The maximum absolute atomic E-state index is 2.62. The highest BCUT2D eigenvalue weighted by Crippen LogP contribution is 2.45. The van der Waals surface area contributed by atoms with E-state index < -0.39 is 0 Å². The van der Waals surface area contributed by atoms with Crippen LogP contribution in [-0.2, 0) is 18.4 Å². The maximum atomic E-state index is 2.62. The van der Waals surface area contributed by atoms with Gasteiger partial charge in [-0.05, 0) is 85.3 Å². The summed E-state index contributed by atoms with van der Waals surface area (Å²) in [6.45, 7) is 15.1. The largest absolute Gasteiger partial charge is 0.295 e. The van der Waals surface area contributed by atoms with E-state index in [1.54, 1.807) is 5.56 Å². The molecule has 0 saturated heterocycles. The number of benzene rings is 3. The van der Waals surface area contributed by atoms with Crippen LogP contribution in [0.2, 0.25) is 0 Å². The fourth-order valence-corrected chi connectivity index (χ4v) is 7.80. The molecule has 0 N–H and O–H groups in total. The van der Waals surface area contributed by atoms with Gasteiger partial charge in [-0.15, -0.1) is 0 Å². The summed E-state index contributed by atoms with van der Waals surface area (Å²) in [7, 11) is 0. The van der Waals surface area contributed by atoms with Crippen molar-refractivity contribution in [2.75, 3.05) is 0 Å². The Hall–Kier alpha value is -3.13. The second-order valence-corrected chi connectivity index (χ2v) is 12.2. The van der Waals surface area contributed by atoms with Crippen molar-refractivity contribution in [3.05, 3.63) is 83.0 Å². The number of aryl methyl sites for hydroxylation is 3. The van der Waals surface area contributed by atoms with Gasteiger partial charge in [-0.2, -0.15) is 4.40 Å². The summed E-state index contributed by atoms with van der Waals surface area (Å²) >= 11 is 0. The van der Waals surface area contributed by atoms with Crippen LogP contribution in [0, 0.1) is 19.8 Å². The highest BCUT2D eigenvalue weighted by Gasteiger charge is 2.38. The SMILES string of the molecule is CCCC(CC)Cc1ccc2c(c1)c1cccc3c1c1n2c(-c2c(C)cccc2C)c[n+]1CCC3(CC)CC. The number of nitrogens with zero attached hydrogens (tertiary/aromatic N) is 2. The predicted octanol–water partition coefficient (Wildman–Crippen LogP) is 9.65. The van der Waals surface area contributed by atoms with E-state index in [-0.39, 0.29) is 5.41 Å². The second kappa shape index (κ2) is 10.1. The lowest BCUT2D eigenvalue weighted by Gasteiger charge is -2.31. The normalized spacial score (nSPS) is 15.4. The lowest BCUT2D eigenvalue weighted by atomic mass is 9.72. The van der Waals surface area contributed by atoms with Crippen molar-refractivity contribution in [1.82, 2.24) is 4.40 Å². The molecule has 1 aliphatic heterocycles. The van der Waals surface area contributed by atoms with E-state index in [4.69, 9.17) is 0 Å². The standard InChI is InChI=1S/C37H45N2/c1-7-13-27(8-2)22-28-18-19-32-30(23-28)29-16-12-17-31-35(29)36-38(21-20-37(31,9-3)10-4)24-33(39(32)36)34-25(5)14-11-15-26(34)6/h11-12,14-19,23-24,27H,7-10,13,20-22H2,1-6H3/q+1. The first kappa shape index (κ1) is 26.1. The first-order chi connectivity index (χ1) is 19.0. The third-order valence-corrected chi connectivity index (χ3v) is 10.2. The molecule has 202 valence electrons. The molecule has 0 spiro atoms. The minimum atomic E-state index is 0.213. The van der Waals surface area contributed by atoms with Gasteiger partial charge in [0.05, 0.1) is 11.9 Å². The molecule has 0 radical (unpaired) electrons. The number of rotatable bonds is 8. The minimum Gasteiger partial charge on any atom is -0.229 e. The summed E-state index contributed by atoms with van der Waals surface area (Å²) in [5.74, 6) is 0.756. The zero-order chi connectivity index (χ0) is 27.3. The van der Waals surface area contributed by atoms with Crippen molar-refractivity contribution in [2.24, 2.45) is 5.92 Å². The molecule has 0 bridgehead atoms. The number of pyridine rings is 1. The van der Waals surface area contributed by atoms with Gasteiger partial charge in [0.15, 0.2) is 5.69 Å². The molecule has 1 atom stereocenters. The van der Waals surface area contributed by atoms with Crippen LogP contribution in [-0.4, -0.2) is 4.40 Å². The van der Waals surface area contributed by atoms with Crippen LogP contribution in [0.15, 0.2) is 60.8 Å². The Morgan fingerprint density at radius 2 is 1.64 bits per heavy atom. The van der Waals surface area contributed by atoms with Crippen LogP contribution >= 0.6 is 0 Å². The van der Waals surface area contributed by atoms with Gasteiger partial charge in [0.2, 0.25) is 0 Å². The van der Waals surface area contributed by atoms with Crippen LogP contribution in [0.25, 0.3) is 38.6 Å². The summed E-state index contributed by atoms with van der Waals surface area (Å²) in [4.78, 5) is 0.